The van der Waals surface area contributed by atoms with Crippen LogP contribution < -0.4 is 9.47 Å². The normalized spacial score (nSPS) is 15.4. The van der Waals surface area contributed by atoms with E-state index in [4.69, 9.17) is 19.3 Å². The van der Waals surface area contributed by atoms with Gasteiger partial charge >= 0.3 is 0 Å². The molecule has 2 aromatic rings. The molecule has 162 valence electrons. The third-order valence-corrected chi connectivity index (χ3v) is 6.03. The highest BCUT2D eigenvalue weighted by molar-refractivity contribution is 5.50. The molecule has 3 rings (SSSR count). The van der Waals surface area contributed by atoms with Crippen LogP contribution in [0.25, 0.3) is 0 Å². The number of carbonyl (C=O) groups excluding carboxylic acids is 1. The van der Waals surface area contributed by atoms with E-state index in [1.165, 1.54) is 41.5 Å². The number of rotatable bonds is 10. The molecule has 0 bridgehead atoms. The third kappa shape index (κ3) is 4.96. The van der Waals surface area contributed by atoms with Gasteiger partial charge in [-0.2, -0.15) is 0 Å². The van der Waals surface area contributed by atoms with E-state index in [0.717, 1.165) is 24.3 Å². The molecule has 0 heterocycles. The minimum Gasteiger partial charge on any atom is -0.491 e. The van der Waals surface area contributed by atoms with E-state index in [9.17, 15) is 4.79 Å². The molecule has 1 aliphatic rings. The van der Waals surface area contributed by atoms with E-state index in [1.54, 1.807) is 0 Å². The van der Waals surface area contributed by atoms with Crippen molar-refractivity contribution in [1.82, 2.24) is 0 Å². The van der Waals surface area contributed by atoms with Crippen molar-refractivity contribution >= 4 is 6.47 Å². The molecule has 5 nitrogen and oxygen atoms in total. The summed E-state index contributed by atoms with van der Waals surface area (Å²) in [6, 6.07) is 12.6. The summed E-state index contributed by atoms with van der Waals surface area (Å²) in [5, 5.41) is 9.02. The summed E-state index contributed by atoms with van der Waals surface area (Å²) in [5.41, 5.74) is 5.13. The summed E-state index contributed by atoms with van der Waals surface area (Å²) in [4.78, 5) is 10.3. The van der Waals surface area contributed by atoms with Gasteiger partial charge in [-0.1, -0.05) is 31.4 Å². The van der Waals surface area contributed by atoms with Crippen LogP contribution in [0, 0.1) is 13.8 Å². The Morgan fingerprint density at radius 2 is 1.43 bits per heavy atom. The van der Waals surface area contributed by atoms with Crippen molar-refractivity contribution < 1.29 is 24.1 Å². The molecule has 1 N–H and O–H groups in total. The largest absolute Gasteiger partial charge is 0.491 e. The summed E-state index contributed by atoms with van der Waals surface area (Å²) in [6.45, 7) is 5.65. The van der Waals surface area contributed by atoms with E-state index in [2.05, 4.69) is 38.1 Å². The summed E-state index contributed by atoms with van der Waals surface area (Å²) in [7, 11) is 0. The van der Waals surface area contributed by atoms with Gasteiger partial charge in [-0.25, -0.2) is 0 Å². The van der Waals surface area contributed by atoms with Gasteiger partial charge in [-0.15, -0.1) is 0 Å². The molecule has 0 amide bonds. The van der Waals surface area contributed by atoms with Gasteiger partial charge in [-0.3, -0.25) is 4.79 Å². The SMILES string of the molecule is Cc1cc(OCCO)ccc1C1(c2ccc(OCCOC=O)cc2C)CCCCC1. The zero-order valence-electron chi connectivity index (χ0n) is 18.0. The Morgan fingerprint density at radius 1 is 0.867 bits per heavy atom. The van der Waals surface area contributed by atoms with Crippen LogP contribution in [0.2, 0.25) is 0 Å². The van der Waals surface area contributed by atoms with Gasteiger partial charge in [0.05, 0.1) is 6.61 Å². The fourth-order valence-electron chi connectivity index (χ4n) is 4.78. The van der Waals surface area contributed by atoms with Crippen LogP contribution >= 0.6 is 0 Å². The topological polar surface area (TPSA) is 65.0 Å². The standard InChI is InChI=1S/C25H32O5/c1-19-16-21(29-13-12-26)6-8-23(19)25(10-4-3-5-11-25)24-9-7-22(17-20(24)2)30-15-14-28-18-27/h6-9,16-18,26H,3-5,10-15H2,1-2H3. The van der Waals surface area contributed by atoms with Crippen LogP contribution in [-0.4, -0.2) is 38.0 Å². The minimum atomic E-state index is -0.0128. The molecule has 2 aromatic carbocycles. The lowest BCUT2D eigenvalue weighted by molar-refractivity contribution is -0.129. The highest BCUT2D eigenvalue weighted by atomic mass is 16.5. The molecule has 0 atom stereocenters. The number of aliphatic hydroxyl groups excluding tert-OH is 1. The average Bonchev–Trinajstić information content (AvgIpc) is 2.76. The van der Waals surface area contributed by atoms with Crippen molar-refractivity contribution in [3.05, 3.63) is 58.7 Å². The number of aliphatic hydroxyl groups is 1. The van der Waals surface area contributed by atoms with E-state index < -0.39 is 0 Å². The lowest BCUT2D eigenvalue weighted by Gasteiger charge is -2.40. The lowest BCUT2D eigenvalue weighted by atomic mass is 9.63. The molecule has 0 spiro atoms. The predicted molar refractivity (Wildman–Crippen MR) is 116 cm³/mol. The molecule has 1 aliphatic carbocycles. The van der Waals surface area contributed by atoms with Crippen molar-refractivity contribution in [2.75, 3.05) is 26.4 Å². The molecule has 0 aromatic heterocycles. The molecule has 5 heteroatoms. The Bertz CT molecular complexity index is 839. The molecule has 0 saturated heterocycles. The highest BCUT2D eigenvalue weighted by Crippen LogP contribution is 2.48. The lowest BCUT2D eigenvalue weighted by Crippen LogP contribution is -2.32. The Morgan fingerprint density at radius 3 is 1.93 bits per heavy atom. The maximum absolute atomic E-state index is 10.3. The molecule has 1 fully saturated rings. The van der Waals surface area contributed by atoms with E-state index in [1.807, 2.05) is 12.1 Å². The Kier molecular flexibility index (Phi) is 7.75. The van der Waals surface area contributed by atoms with Crippen LogP contribution in [0.1, 0.15) is 54.4 Å². The van der Waals surface area contributed by atoms with E-state index in [-0.39, 0.29) is 18.6 Å². The molecule has 30 heavy (non-hydrogen) atoms. The highest BCUT2D eigenvalue weighted by Gasteiger charge is 2.37. The van der Waals surface area contributed by atoms with Gasteiger partial charge < -0.3 is 19.3 Å². The van der Waals surface area contributed by atoms with Crippen LogP contribution in [0.15, 0.2) is 36.4 Å². The van der Waals surface area contributed by atoms with Crippen LogP contribution in [0.3, 0.4) is 0 Å². The van der Waals surface area contributed by atoms with E-state index >= 15 is 0 Å². The quantitative estimate of drug-likeness (QED) is 0.461. The summed E-state index contributed by atoms with van der Waals surface area (Å²) in [5.74, 6) is 1.59. The Balaban J connectivity index is 1.91. The van der Waals surface area contributed by atoms with Crippen molar-refractivity contribution in [3.8, 4) is 11.5 Å². The molecule has 0 radical (unpaired) electrons. The molecule has 0 unspecified atom stereocenters. The first-order chi connectivity index (χ1) is 14.6. The summed E-state index contributed by atoms with van der Waals surface area (Å²) in [6.07, 6.45) is 5.94. The van der Waals surface area contributed by atoms with Gasteiger partial charge in [0.2, 0.25) is 0 Å². The van der Waals surface area contributed by atoms with Gasteiger partial charge in [0, 0.05) is 5.41 Å². The van der Waals surface area contributed by atoms with Gasteiger partial charge in [0.1, 0.15) is 31.3 Å². The number of hydrogen-bond acceptors (Lipinski definition) is 5. The number of benzene rings is 2. The average molecular weight is 413 g/mol. The Hall–Kier alpha value is -2.53. The van der Waals surface area contributed by atoms with E-state index in [0.29, 0.717) is 19.7 Å². The van der Waals surface area contributed by atoms with Gasteiger partial charge in [0.15, 0.2) is 0 Å². The third-order valence-electron chi connectivity index (χ3n) is 6.03. The number of hydrogen-bond donors (Lipinski definition) is 1. The predicted octanol–water partition coefficient (Wildman–Crippen LogP) is 4.48. The minimum absolute atomic E-state index is 0.0128. The summed E-state index contributed by atoms with van der Waals surface area (Å²) >= 11 is 0. The second kappa shape index (κ2) is 10.5. The van der Waals surface area contributed by atoms with Gasteiger partial charge in [-0.05, 0) is 73.2 Å². The van der Waals surface area contributed by atoms with Crippen LogP contribution in [0.4, 0.5) is 0 Å². The molecule has 0 aliphatic heterocycles. The summed E-state index contributed by atoms with van der Waals surface area (Å²) < 4.78 is 16.0. The molecule has 1 saturated carbocycles. The number of ether oxygens (including phenoxy) is 3. The first kappa shape index (κ1) is 22.2. The molecular formula is C25H32O5. The second-order valence-corrected chi connectivity index (χ2v) is 7.98. The number of carbonyl (C=O) groups is 1. The maximum atomic E-state index is 10.3. The second-order valence-electron chi connectivity index (χ2n) is 7.98. The zero-order chi connectivity index (χ0) is 21.4. The monoisotopic (exact) mass is 412 g/mol. The van der Waals surface area contributed by atoms with Gasteiger partial charge in [0.25, 0.3) is 6.47 Å². The van der Waals surface area contributed by atoms with Crippen molar-refractivity contribution in [2.45, 2.75) is 51.4 Å². The van der Waals surface area contributed by atoms with Crippen LogP contribution in [0.5, 0.6) is 11.5 Å². The molecular weight excluding hydrogens is 380 g/mol. The van der Waals surface area contributed by atoms with Crippen molar-refractivity contribution in [1.29, 1.82) is 0 Å². The zero-order valence-corrected chi connectivity index (χ0v) is 18.0. The fourth-order valence-corrected chi connectivity index (χ4v) is 4.78. The Labute approximate surface area is 179 Å². The first-order valence-electron chi connectivity index (χ1n) is 10.7. The first-order valence-corrected chi connectivity index (χ1v) is 10.7. The smallest absolute Gasteiger partial charge is 0.293 e. The fraction of sp³-hybridized carbons (Fsp3) is 0.480. The number of aryl methyl sites for hydroxylation is 2. The van der Waals surface area contributed by atoms with Crippen LogP contribution in [-0.2, 0) is 14.9 Å². The van der Waals surface area contributed by atoms with Crippen molar-refractivity contribution in [2.24, 2.45) is 0 Å². The maximum Gasteiger partial charge on any atom is 0.293 e. The van der Waals surface area contributed by atoms with Crippen molar-refractivity contribution in [3.63, 3.8) is 0 Å².